The third-order valence-electron chi connectivity index (χ3n) is 6.60. The Labute approximate surface area is 195 Å². The molecule has 11 heteroatoms. The molecule has 188 valence electrons. The predicted molar refractivity (Wildman–Crippen MR) is 117 cm³/mol. The number of urea groups is 1. The van der Waals surface area contributed by atoms with Crippen LogP contribution in [0.4, 0.5) is 23.7 Å². The maximum Gasteiger partial charge on any atom is 0.405 e. The average Bonchev–Trinajstić information content (AvgIpc) is 3.15. The maximum absolute atomic E-state index is 12.4. The smallest absolute Gasteiger partial charge is 0.405 e. The second-order valence-electron chi connectivity index (χ2n) is 9.19. The Kier molecular flexibility index (Phi) is 7.51. The number of carbonyl (C=O) groups is 2. The lowest BCUT2D eigenvalue weighted by molar-refractivity contribution is -0.149. The van der Waals surface area contributed by atoms with Crippen LogP contribution in [0.5, 0.6) is 5.75 Å². The topological polar surface area (TPSA) is 109 Å². The molecular weight excluding hydrogens is 455 g/mol. The van der Waals surface area contributed by atoms with E-state index in [1.165, 1.54) is 6.42 Å². The van der Waals surface area contributed by atoms with Gasteiger partial charge in [0.15, 0.2) is 0 Å². The minimum atomic E-state index is -4.49. The van der Waals surface area contributed by atoms with E-state index in [2.05, 4.69) is 10.6 Å². The monoisotopic (exact) mass is 485 g/mol. The molecule has 1 aromatic carbocycles. The van der Waals surface area contributed by atoms with Crippen molar-refractivity contribution in [3.63, 3.8) is 0 Å². The van der Waals surface area contributed by atoms with E-state index < -0.39 is 36.9 Å². The van der Waals surface area contributed by atoms with Crippen LogP contribution in [0.1, 0.15) is 56.4 Å². The van der Waals surface area contributed by atoms with Crippen LogP contribution in [0.3, 0.4) is 0 Å². The first-order valence-corrected chi connectivity index (χ1v) is 11.7. The third-order valence-corrected chi connectivity index (χ3v) is 6.60. The molecule has 1 saturated heterocycles. The van der Waals surface area contributed by atoms with Gasteiger partial charge in [0.05, 0.1) is 19.1 Å². The van der Waals surface area contributed by atoms with Crippen molar-refractivity contribution < 1.29 is 37.3 Å². The summed E-state index contributed by atoms with van der Waals surface area (Å²) < 4.78 is 48.9. The summed E-state index contributed by atoms with van der Waals surface area (Å²) in [6.45, 7) is -1.76. The van der Waals surface area contributed by atoms with Crippen LogP contribution in [0, 0.1) is 0 Å². The Morgan fingerprint density at radius 3 is 2.62 bits per heavy atom. The van der Waals surface area contributed by atoms with E-state index in [0.717, 1.165) is 31.2 Å². The molecule has 2 fully saturated rings. The van der Waals surface area contributed by atoms with Crippen LogP contribution in [-0.4, -0.2) is 60.7 Å². The first-order chi connectivity index (χ1) is 16.2. The zero-order valence-electron chi connectivity index (χ0n) is 18.7. The summed E-state index contributed by atoms with van der Waals surface area (Å²) in [5.41, 5.74) is 1.39. The number of halogens is 3. The Hall–Kier alpha value is -2.53. The number of fused-ring (bicyclic) bond motifs is 3. The van der Waals surface area contributed by atoms with Crippen LogP contribution >= 0.6 is 0 Å². The summed E-state index contributed by atoms with van der Waals surface area (Å²) >= 11 is 0. The second-order valence-corrected chi connectivity index (χ2v) is 9.19. The maximum atomic E-state index is 12.4. The molecule has 2 aliphatic heterocycles. The van der Waals surface area contributed by atoms with Gasteiger partial charge in [0, 0.05) is 23.2 Å². The highest BCUT2D eigenvalue weighted by molar-refractivity contribution is 5.89. The van der Waals surface area contributed by atoms with Crippen LogP contribution in [0.2, 0.25) is 0 Å². The molecule has 4 atom stereocenters. The van der Waals surface area contributed by atoms with E-state index in [9.17, 15) is 27.9 Å². The molecule has 1 saturated carbocycles. The zero-order valence-corrected chi connectivity index (χ0v) is 18.7. The Balaban J connectivity index is 1.40. The van der Waals surface area contributed by atoms with Gasteiger partial charge in [-0.3, -0.25) is 4.79 Å². The van der Waals surface area contributed by atoms with E-state index >= 15 is 0 Å². The van der Waals surface area contributed by atoms with Crippen molar-refractivity contribution in [1.82, 2.24) is 10.6 Å². The summed E-state index contributed by atoms with van der Waals surface area (Å²) in [4.78, 5) is 24.4. The van der Waals surface area contributed by atoms with E-state index in [1.54, 1.807) is 18.2 Å². The number of alkyl halides is 3. The number of aliphatic hydroxyl groups excluding tert-OH is 1. The van der Waals surface area contributed by atoms with E-state index in [0.29, 0.717) is 17.9 Å². The molecule has 0 radical (unpaired) electrons. The SMILES string of the molecule is O=C(C[C@@H]1C[C@@H]2c3cc(NC(=O)NC4CCCCC4)ccc3O[C@@H]2[C@H](CO)O1)NCC(F)(F)F. The average molecular weight is 486 g/mol. The van der Waals surface area contributed by atoms with Gasteiger partial charge in [-0.1, -0.05) is 19.3 Å². The number of amides is 3. The summed E-state index contributed by atoms with van der Waals surface area (Å²) in [6, 6.07) is 5.17. The quantitative estimate of drug-likeness (QED) is 0.495. The van der Waals surface area contributed by atoms with Crippen molar-refractivity contribution >= 4 is 17.6 Å². The first kappa shape index (κ1) is 24.6. The third kappa shape index (κ3) is 6.12. The van der Waals surface area contributed by atoms with Crippen molar-refractivity contribution in [2.24, 2.45) is 0 Å². The van der Waals surface area contributed by atoms with E-state index in [4.69, 9.17) is 9.47 Å². The number of rotatable bonds is 6. The Morgan fingerprint density at radius 2 is 1.91 bits per heavy atom. The summed E-state index contributed by atoms with van der Waals surface area (Å²) in [7, 11) is 0. The highest BCUT2D eigenvalue weighted by Gasteiger charge is 2.46. The van der Waals surface area contributed by atoms with Gasteiger partial charge in [0.2, 0.25) is 5.91 Å². The number of hydrogen-bond donors (Lipinski definition) is 4. The lowest BCUT2D eigenvalue weighted by atomic mass is 9.84. The minimum absolute atomic E-state index is 0.168. The molecule has 4 rings (SSSR count). The lowest BCUT2D eigenvalue weighted by Gasteiger charge is -2.37. The van der Waals surface area contributed by atoms with Gasteiger partial charge >= 0.3 is 12.2 Å². The Bertz CT molecular complexity index is 891. The predicted octanol–water partition coefficient (Wildman–Crippen LogP) is 3.20. The summed E-state index contributed by atoms with van der Waals surface area (Å²) in [5.74, 6) is -0.409. The molecule has 3 aliphatic rings. The fourth-order valence-electron chi connectivity index (χ4n) is 5.04. The summed E-state index contributed by atoms with van der Waals surface area (Å²) in [6.07, 6.45) is -0.959. The number of aliphatic hydroxyl groups is 1. The van der Waals surface area contributed by atoms with Gasteiger partial charge < -0.3 is 30.5 Å². The molecule has 8 nitrogen and oxygen atoms in total. The van der Waals surface area contributed by atoms with Crippen molar-refractivity contribution in [2.45, 2.75) is 81.4 Å². The van der Waals surface area contributed by atoms with Crippen LogP contribution < -0.4 is 20.7 Å². The van der Waals surface area contributed by atoms with Crippen molar-refractivity contribution in [3.8, 4) is 5.75 Å². The number of benzene rings is 1. The molecule has 1 aromatic rings. The standard InChI is InChI=1S/C23H30F3N3O5/c24-23(25,26)12-27-20(31)10-15-9-17-16-8-14(29-22(32)28-13-4-2-1-3-5-13)6-7-18(16)34-21(17)19(11-30)33-15/h6-8,13,15,17,19,21,30H,1-5,9-12H2,(H,27,31)(H2,28,29,32)/t15-,17+,19-,21-/m0/s1. The highest BCUT2D eigenvalue weighted by atomic mass is 19.4. The molecule has 34 heavy (non-hydrogen) atoms. The zero-order chi connectivity index (χ0) is 24.3. The van der Waals surface area contributed by atoms with E-state index in [-0.39, 0.29) is 31.0 Å². The van der Waals surface area contributed by atoms with E-state index in [1.807, 2.05) is 5.32 Å². The van der Waals surface area contributed by atoms with Crippen molar-refractivity contribution in [3.05, 3.63) is 23.8 Å². The molecule has 0 spiro atoms. The number of hydrogen-bond acceptors (Lipinski definition) is 5. The van der Waals surface area contributed by atoms with Crippen LogP contribution in [0.15, 0.2) is 18.2 Å². The number of nitrogens with one attached hydrogen (secondary N) is 3. The fraction of sp³-hybridized carbons (Fsp3) is 0.652. The molecule has 4 N–H and O–H groups in total. The van der Waals surface area contributed by atoms with Crippen molar-refractivity contribution in [1.29, 1.82) is 0 Å². The van der Waals surface area contributed by atoms with Crippen molar-refractivity contribution in [2.75, 3.05) is 18.5 Å². The van der Waals surface area contributed by atoms with Crippen LogP contribution in [0.25, 0.3) is 0 Å². The van der Waals surface area contributed by atoms with Gasteiger partial charge in [0.1, 0.15) is 24.5 Å². The number of ether oxygens (including phenoxy) is 2. The number of anilines is 1. The minimum Gasteiger partial charge on any atom is -0.487 e. The van der Waals surface area contributed by atoms with Gasteiger partial charge in [-0.05, 0) is 37.5 Å². The van der Waals surface area contributed by atoms with Crippen LogP contribution in [-0.2, 0) is 9.53 Å². The van der Waals surface area contributed by atoms with Gasteiger partial charge in [-0.15, -0.1) is 0 Å². The largest absolute Gasteiger partial charge is 0.487 e. The molecule has 2 heterocycles. The fourth-order valence-corrected chi connectivity index (χ4v) is 5.04. The highest BCUT2D eigenvalue weighted by Crippen LogP contribution is 2.47. The van der Waals surface area contributed by atoms with Gasteiger partial charge in [-0.25, -0.2) is 4.79 Å². The molecule has 0 unspecified atom stereocenters. The van der Waals surface area contributed by atoms with Gasteiger partial charge in [0.25, 0.3) is 0 Å². The van der Waals surface area contributed by atoms with Gasteiger partial charge in [-0.2, -0.15) is 13.2 Å². The molecule has 3 amide bonds. The molecule has 0 bridgehead atoms. The molecular formula is C23H30F3N3O5. The summed E-state index contributed by atoms with van der Waals surface area (Å²) in [5, 5.41) is 17.5. The Morgan fingerprint density at radius 1 is 1.15 bits per heavy atom. The normalized spacial score (nSPS) is 26.7. The molecule has 0 aromatic heterocycles. The molecule has 1 aliphatic carbocycles. The number of carbonyl (C=O) groups excluding carboxylic acids is 2. The second kappa shape index (κ2) is 10.4. The first-order valence-electron chi connectivity index (χ1n) is 11.7. The lowest BCUT2D eigenvalue weighted by Crippen LogP contribution is -2.47.